The summed E-state index contributed by atoms with van der Waals surface area (Å²) in [5, 5.41) is 24.3. The maximum absolute atomic E-state index is 12.4. The van der Waals surface area contributed by atoms with Crippen molar-refractivity contribution in [3.63, 3.8) is 0 Å². The quantitative estimate of drug-likeness (QED) is 0.290. The molecule has 10 nitrogen and oxygen atoms in total. The summed E-state index contributed by atoms with van der Waals surface area (Å²) in [6.07, 6.45) is 2.79. The molecule has 0 aromatic heterocycles. The van der Waals surface area contributed by atoms with E-state index in [-0.39, 0.29) is 12.2 Å². The lowest BCUT2D eigenvalue weighted by Crippen LogP contribution is -2.41. The Morgan fingerprint density at radius 3 is 2.12 bits per heavy atom. The van der Waals surface area contributed by atoms with E-state index in [1.165, 1.54) is 0 Å². The number of benzene rings is 1. The van der Waals surface area contributed by atoms with Gasteiger partial charge in [0.2, 0.25) is 0 Å². The van der Waals surface area contributed by atoms with Gasteiger partial charge in [0.15, 0.2) is 0 Å². The van der Waals surface area contributed by atoms with Gasteiger partial charge in [0, 0.05) is 12.1 Å². The summed E-state index contributed by atoms with van der Waals surface area (Å²) in [5.74, 6) is -1.43. The number of hydrogen-bond acceptors (Lipinski definition) is 7. The Balaban J connectivity index is 3.05. The lowest BCUT2D eigenvalue weighted by Gasteiger charge is -2.17. The Morgan fingerprint density at radius 2 is 1.65 bits per heavy atom. The number of non-ortho nitro benzene ring substituents is 2. The fraction of sp³-hybridized carbons (Fsp3) is 0.500. The highest BCUT2D eigenvalue weighted by molar-refractivity contribution is 5.97. The first-order valence-corrected chi connectivity index (χ1v) is 8.21. The zero-order chi connectivity index (χ0) is 19.7. The zero-order valence-electron chi connectivity index (χ0n) is 14.6. The van der Waals surface area contributed by atoms with Gasteiger partial charge in [0.1, 0.15) is 6.04 Å². The minimum absolute atomic E-state index is 0.140. The molecule has 1 aromatic rings. The van der Waals surface area contributed by atoms with Crippen LogP contribution in [0, 0.1) is 20.2 Å². The Morgan fingerprint density at radius 1 is 1.08 bits per heavy atom. The minimum atomic E-state index is -0.924. The van der Waals surface area contributed by atoms with E-state index in [2.05, 4.69) is 5.32 Å². The maximum Gasteiger partial charge on any atom is 0.328 e. The van der Waals surface area contributed by atoms with Gasteiger partial charge >= 0.3 is 5.97 Å². The average Bonchev–Trinajstić information content (AvgIpc) is 2.60. The van der Waals surface area contributed by atoms with Crippen LogP contribution in [0.25, 0.3) is 0 Å². The molecule has 1 atom stereocenters. The van der Waals surface area contributed by atoms with Crippen molar-refractivity contribution in [2.24, 2.45) is 0 Å². The molecule has 1 amide bonds. The molecule has 0 aliphatic rings. The number of nitro benzene ring substituents is 2. The van der Waals surface area contributed by atoms with Crippen molar-refractivity contribution >= 4 is 23.3 Å². The molecule has 0 aliphatic heterocycles. The lowest BCUT2D eigenvalue weighted by atomic mass is 10.1. The van der Waals surface area contributed by atoms with E-state index in [9.17, 15) is 29.8 Å². The number of nitrogens with zero attached hydrogens (tertiary/aromatic N) is 2. The number of amides is 1. The Hall–Kier alpha value is -3.04. The summed E-state index contributed by atoms with van der Waals surface area (Å²) in [5.41, 5.74) is -1.43. The third-order valence-corrected chi connectivity index (χ3v) is 3.56. The van der Waals surface area contributed by atoms with Crippen molar-refractivity contribution in [2.75, 3.05) is 6.61 Å². The van der Waals surface area contributed by atoms with Gasteiger partial charge in [-0.1, -0.05) is 26.2 Å². The van der Waals surface area contributed by atoms with Crippen LogP contribution in [0.4, 0.5) is 11.4 Å². The predicted octanol–water partition coefficient (Wildman–Crippen LogP) is 2.74. The van der Waals surface area contributed by atoms with E-state index in [0.717, 1.165) is 31.0 Å². The number of hydrogen-bond donors (Lipinski definition) is 1. The molecule has 0 bridgehead atoms. The molecule has 1 unspecified atom stereocenters. The van der Waals surface area contributed by atoms with E-state index in [0.29, 0.717) is 12.8 Å². The van der Waals surface area contributed by atoms with Gasteiger partial charge in [-0.25, -0.2) is 4.79 Å². The summed E-state index contributed by atoms with van der Waals surface area (Å²) < 4.78 is 4.93. The molecular formula is C16H21N3O7. The molecule has 142 valence electrons. The topological polar surface area (TPSA) is 142 Å². The van der Waals surface area contributed by atoms with Crippen molar-refractivity contribution in [2.45, 2.75) is 45.6 Å². The number of nitrogens with one attached hydrogen (secondary N) is 1. The summed E-state index contributed by atoms with van der Waals surface area (Å²) in [7, 11) is 0. The number of ether oxygens (including phenoxy) is 1. The van der Waals surface area contributed by atoms with Crippen molar-refractivity contribution in [3.05, 3.63) is 44.0 Å². The van der Waals surface area contributed by atoms with Crippen molar-refractivity contribution in [1.82, 2.24) is 5.32 Å². The van der Waals surface area contributed by atoms with Crippen molar-refractivity contribution in [3.8, 4) is 0 Å². The second-order valence-corrected chi connectivity index (χ2v) is 5.53. The third-order valence-electron chi connectivity index (χ3n) is 3.56. The smallest absolute Gasteiger partial charge is 0.328 e. The Labute approximate surface area is 149 Å². The number of unbranched alkanes of at least 4 members (excludes halogenated alkanes) is 2. The number of rotatable bonds is 10. The lowest BCUT2D eigenvalue weighted by molar-refractivity contribution is -0.394. The Bertz CT molecular complexity index is 658. The minimum Gasteiger partial charge on any atom is -0.464 e. The number of esters is 1. The van der Waals surface area contributed by atoms with Crippen LogP contribution in [0.1, 0.15) is 49.9 Å². The van der Waals surface area contributed by atoms with E-state index in [1.54, 1.807) is 6.92 Å². The van der Waals surface area contributed by atoms with Gasteiger partial charge in [0.05, 0.1) is 28.1 Å². The highest BCUT2D eigenvalue weighted by Gasteiger charge is 2.25. The van der Waals surface area contributed by atoms with Crippen LogP contribution in [-0.2, 0) is 9.53 Å². The van der Waals surface area contributed by atoms with Gasteiger partial charge < -0.3 is 10.1 Å². The summed E-state index contributed by atoms with van der Waals surface area (Å²) >= 11 is 0. The number of nitro groups is 2. The molecule has 0 saturated heterocycles. The first kappa shape index (κ1) is 21.0. The van der Waals surface area contributed by atoms with Crippen LogP contribution in [0.5, 0.6) is 0 Å². The number of carbonyl (C=O) groups is 2. The average molecular weight is 367 g/mol. The molecular weight excluding hydrogens is 346 g/mol. The first-order chi connectivity index (χ1) is 12.3. The monoisotopic (exact) mass is 367 g/mol. The van der Waals surface area contributed by atoms with Gasteiger partial charge in [-0.15, -0.1) is 0 Å². The van der Waals surface area contributed by atoms with Gasteiger partial charge in [-0.2, -0.15) is 0 Å². The predicted molar refractivity (Wildman–Crippen MR) is 91.8 cm³/mol. The molecule has 1 N–H and O–H groups in total. The largest absolute Gasteiger partial charge is 0.464 e. The molecule has 1 aromatic carbocycles. The molecule has 0 fully saturated rings. The van der Waals surface area contributed by atoms with E-state index >= 15 is 0 Å². The highest BCUT2D eigenvalue weighted by atomic mass is 16.6. The summed E-state index contributed by atoms with van der Waals surface area (Å²) in [4.78, 5) is 44.6. The van der Waals surface area contributed by atoms with Crippen LogP contribution in [0.2, 0.25) is 0 Å². The second kappa shape index (κ2) is 10.1. The van der Waals surface area contributed by atoms with Crippen LogP contribution in [0.3, 0.4) is 0 Å². The highest BCUT2D eigenvalue weighted by Crippen LogP contribution is 2.23. The molecule has 0 heterocycles. The van der Waals surface area contributed by atoms with E-state index in [4.69, 9.17) is 4.74 Å². The van der Waals surface area contributed by atoms with Crippen molar-refractivity contribution in [1.29, 1.82) is 0 Å². The fourth-order valence-electron chi connectivity index (χ4n) is 2.27. The molecule has 26 heavy (non-hydrogen) atoms. The SMILES string of the molecule is CCCCCC(NC(=O)c1cc([N+](=O)[O-])cc([N+](=O)[O-])c1)C(=O)OCC. The standard InChI is InChI=1S/C16H21N3O7/c1-3-5-6-7-14(16(21)26-4-2)17-15(20)11-8-12(18(22)23)10-13(9-11)19(24)25/h8-10,14H,3-7H2,1-2H3,(H,17,20). The van der Waals surface area contributed by atoms with E-state index < -0.39 is 39.1 Å². The van der Waals surface area contributed by atoms with Crippen LogP contribution < -0.4 is 5.32 Å². The molecule has 10 heteroatoms. The van der Waals surface area contributed by atoms with Crippen LogP contribution >= 0.6 is 0 Å². The fourth-order valence-corrected chi connectivity index (χ4v) is 2.27. The molecule has 0 aliphatic carbocycles. The van der Waals surface area contributed by atoms with Crippen LogP contribution in [0.15, 0.2) is 18.2 Å². The molecule has 0 spiro atoms. The molecule has 0 radical (unpaired) electrons. The van der Waals surface area contributed by atoms with Gasteiger partial charge in [-0.05, 0) is 13.3 Å². The van der Waals surface area contributed by atoms with Crippen molar-refractivity contribution < 1.29 is 24.2 Å². The summed E-state index contributed by atoms with van der Waals surface area (Å²) in [6, 6.07) is 1.70. The van der Waals surface area contributed by atoms with Crippen LogP contribution in [-0.4, -0.2) is 34.4 Å². The van der Waals surface area contributed by atoms with Gasteiger partial charge in [-0.3, -0.25) is 25.0 Å². The normalized spacial score (nSPS) is 11.5. The number of carbonyl (C=O) groups excluding carboxylic acids is 2. The third kappa shape index (κ3) is 6.11. The first-order valence-electron chi connectivity index (χ1n) is 8.21. The zero-order valence-corrected chi connectivity index (χ0v) is 14.6. The molecule has 1 rings (SSSR count). The second-order valence-electron chi connectivity index (χ2n) is 5.53. The maximum atomic E-state index is 12.4. The van der Waals surface area contributed by atoms with E-state index in [1.807, 2.05) is 6.92 Å². The molecule has 0 saturated carbocycles. The Kier molecular flexibility index (Phi) is 8.13. The summed E-state index contributed by atoms with van der Waals surface area (Å²) in [6.45, 7) is 3.76. The van der Waals surface area contributed by atoms with Gasteiger partial charge in [0.25, 0.3) is 17.3 Å².